The Morgan fingerprint density at radius 3 is 1.56 bits per heavy atom. The van der Waals surface area contributed by atoms with Crippen LogP contribution in [0.25, 0.3) is 5.32 Å². The Hall–Kier alpha value is -2.89. The van der Waals surface area contributed by atoms with Gasteiger partial charge in [0.05, 0.1) is 14.1 Å². The van der Waals surface area contributed by atoms with E-state index in [1.54, 1.807) is 0 Å². The van der Waals surface area contributed by atoms with E-state index in [2.05, 4.69) is 127 Å². The van der Waals surface area contributed by atoms with Gasteiger partial charge in [0.2, 0.25) is 0 Å². The summed E-state index contributed by atoms with van der Waals surface area (Å²) in [6.45, 7) is 18.9. The number of aryl methyl sites for hydroxylation is 2. The molecule has 1 heterocycles. The fourth-order valence-electron chi connectivity index (χ4n) is 4.52. The molecule has 1 aromatic heterocycles. The molecule has 0 aliphatic rings. The van der Waals surface area contributed by atoms with Crippen LogP contribution in [-0.2, 0) is 36.0 Å². The zero-order chi connectivity index (χ0) is 28.7. The summed E-state index contributed by atoms with van der Waals surface area (Å²) in [4.78, 5) is 14.3. The van der Waals surface area contributed by atoms with Gasteiger partial charge >= 0.3 is 17.1 Å². The Morgan fingerprint density at radius 2 is 1.23 bits per heavy atom. The van der Waals surface area contributed by atoms with Crippen molar-refractivity contribution in [3.8, 4) is 0 Å². The number of aliphatic imine (C=N–C) groups is 1. The molecule has 39 heavy (non-hydrogen) atoms. The molecule has 0 bridgehead atoms. The van der Waals surface area contributed by atoms with Crippen LogP contribution in [0.2, 0.25) is 0 Å². The third-order valence-corrected chi connectivity index (χ3v) is 6.50. The normalized spacial score (nSPS) is 11.5. The summed E-state index contributed by atoms with van der Waals surface area (Å²) in [5.74, 6) is 2.14. The van der Waals surface area contributed by atoms with E-state index in [-0.39, 0.29) is 17.1 Å². The summed E-state index contributed by atoms with van der Waals surface area (Å²) in [7, 11) is 4.13. The van der Waals surface area contributed by atoms with Crippen LogP contribution in [0.4, 0.5) is 11.4 Å². The second kappa shape index (κ2) is 15.0. The minimum atomic E-state index is -1.08. The molecule has 7 heteroatoms. The number of carbonyl (C=O) groups is 1. The standard InChI is InChI=1S/C30H42N4.C2H4O2.Cu/c1-19(2)23-13-11-14-24(20(3)4)27(23)31-29(30-33(9)17-18-34(30)10)32-28-25(21(5)6)15-12-16-26(28)22(7)8;1-2(3)4;/h11-22H,1-10H3;1H3,(H,3,4);/q;;+1/p-1. The summed E-state index contributed by atoms with van der Waals surface area (Å²) in [6.07, 6.45) is 4.13. The number of rotatable bonds is 7. The number of para-hydroxylation sites is 2. The minimum absolute atomic E-state index is 0. The van der Waals surface area contributed by atoms with E-state index in [9.17, 15) is 0 Å². The number of hydrogen-bond acceptors (Lipinski definition) is 3. The molecule has 3 aromatic rings. The number of nitrogens with zero attached hydrogens (tertiary/aromatic N) is 4. The zero-order valence-electron chi connectivity index (χ0n) is 25.3. The third-order valence-electron chi connectivity index (χ3n) is 6.50. The maximum Gasteiger partial charge on any atom is 1.00 e. The molecule has 0 fully saturated rings. The average molecular weight is 581 g/mol. The topological polar surface area (TPSA) is 75.4 Å². The summed E-state index contributed by atoms with van der Waals surface area (Å²) >= 11 is 0. The molecule has 2 aromatic carbocycles. The van der Waals surface area contributed by atoms with Gasteiger partial charge in [-0.2, -0.15) is 0 Å². The third kappa shape index (κ3) is 8.81. The van der Waals surface area contributed by atoms with Crippen LogP contribution in [0, 0.1) is 0 Å². The summed E-state index contributed by atoms with van der Waals surface area (Å²) in [5, 5.41) is 14.3. The molecule has 0 aliphatic heterocycles. The van der Waals surface area contributed by atoms with Crippen molar-refractivity contribution in [1.29, 1.82) is 0 Å². The van der Waals surface area contributed by atoms with Crippen LogP contribution in [0.5, 0.6) is 0 Å². The molecule has 0 N–H and O–H groups in total. The monoisotopic (exact) mass is 580 g/mol. The first kappa shape index (κ1) is 34.1. The first-order valence-electron chi connectivity index (χ1n) is 13.5. The van der Waals surface area contributed by atoms with Crippen molar-refractivity contribution in [3.05, 3.63) is 82.2 Å². The van der Waals surface area contributed by atoms with E-state index < -0.39 is 5.97 Å². The van der Waals surface area contributed by atoms with Crippen LogP contribution in [-0.4, -0.2) is 16.4 Å². The quantitative estimate of drug-likeness (QED) is 0.132. The number of aliphatic carboxylic acids is 1. The number of amidine groups is 1. The van der Waals surface area contributed by atoms with Gasteiger partial charge in [-0.05, 0) is 64.2 Å². The van der Waals surface area contributed by atoms with Crippen molar-refractivity contribution in [2.24, 2.45) is 19.1 Å². The van der Waals surface area contributed by atoms with Gasteiger partial charge in [-0.1, -0.05) is 91.8 Å². The largest absolute Gasteiger partial charge is 1.00 e. The molecule has 0 saturated heterocycles. The number of aromatic nitrogens is 2. The first-order chi connectivity index (χ1) is 17.8. The van der Waals surface area contributed by atoms with Crippen molar-refractivity contribution in [2.75, 3.05) is 0 Å². The average Bonchev–Trinajstić information content (AvgIpc) is 3.15. The Morgan fingerprint density at radius 1 is 0.846 bits per heavy atom. The van der Waals surface area contributed by atoms with Crippen LogP contribution in [0.3, 0.4) is 0 Å². The van der Waals surface area contributed by atoms with Crippen molar-refractivity contribution < 1.29 is 31.5 Å². The molecule has 0 aliphatic carbocycles. The Labute approximate surface area is 246 Å². The van der Waals surface area contributed by atoms with E-state index in [0.29, 0.717) is 23.7 Å². The predicted molar refractivity (Wildman–Crippen MR) is 156 cm³/mol. The van der Waals surface area contributed by atoms with Crippen molar-refractivity contribution in [2.45, 2.75) is 86.0 Å². The maximum absolute atomic E-state index is 8.89. The minimum Gasteiger partial charge on any atom is -0.550 e. The predicted octanol–water partition coefficient (Wildman–Crippen LogP) is 6.88. The summed E-state index contributed by atoms with van der Waals surface area (Å²) in [5.41, 5.74) is 7.16. The zero-order valence-corrected chi connectivity index (χ0v) is 26.3. The van der Waals surface area contributed by atoms with E-state index in [0.717, 1.165) is 30.0 Å². The molecule has 0 saturated carbocycles. The maximum atomic E-state index is 8.89. The fourth-order valence-corrected chi connectivity index (χ4v) is 4.52. The molecular formula is C32H45CuN4O2. The SMILES string of the molecule is CC(=O)[O-].CC(C)c1cccc(C(C)C)c1N=C([N-]c1c(C(C)C)cccc1C(C)C)c1n(C)cc[n+]1C.[Cu+]. The molecule has 216 valence electrons. The van der Waals surface area contributed by atoms with E-state index in [4.69, 9.17) is 20.2 Å². The molecule has 0 spiro atoms. The van der Waals surface area contributed by atoms with Gasteiger partial charge < -0.3 is 20.2 Å². The number of carboxylic acid groups (broad SMARTS) is 1. The van der Waals surface area contributed by atoms with Gasteiger partial charge in [-0.25, -0.2) is 9.13 Å². The van der Waals surface area contributed by atoms with Crippen molar-refractivity contribution >= 4 is 23.2 Å². The van der Waals surface area contributed by atoms with Crippen LogP contribution >= 0.6 is 0 Å². The fraction of sp³-hybridized carbons (Fsp3) is 0.469. The second-order valence-corrected chi connectivity index (χ2v) is 11.1. The van der Waals surface area contributed by atoms with E-state index >= 15 is 0 Å². The van der Waals surface area contributed by atoms with Crippen LogP contribution in [0.15, 0.2) is 53.8 Å². The van der Waals surface area contributed by atoms with Gasteiger partial charge in [0.15, 0.2) is 0 Å². The van der Waals surface area contributed by atoms with E-state index in [1.165, 1.54) is 22.3 Å². The van der Waals surface area contributed by atoms with Crippen LogP contribution in [0.1, 0.15) is 114 Å². The Bertz CT molecular complexity index is 1200. The number of hydrogen-bond donors (Lipinski definition) is 0. The molecule has 0 amide bonds. The van der Waals surface area contributed by atoms with Gasteiger partial charge in [0, 0.05) is 11.8 Å². The molecule has 6 nitrogen and oxygen atoms in total. The smallest absolute Gasteiger partial charge is 0.550 e. The van der Waals surface area contributed by atoms with Crippen molar-refractivity contribution in [1.82, 2.24) is 4.57 Å². The number of benzene rings is 2. The summed E-state index contributed by atoms with van der Waals surface area (Å²) < 4.78 is 4.23. The summed E-state index contributed by atoms with van der Waals surface area (Å²) in [6, 6.07) is 13.2. The molecule has 0 radical (unpaired) electrons. The van der Waals surface area contributed by atoms with Gasteiger partial charge in [-0.3, -0.25) is 0 Å². The Balaban J connectivity index is 0.00000142. The van der Waals surface area contributed by atoms with Crippen LogP contribution < -0.4 is 9.67 Å². The first-order valence-corrected chi connectivity index (χ1v) is 13.5. The van der Waals surface area contributed by atoms with Gasteiger partial charge in [0.1, 0.15) is 12.4 Å². The number of carbonyl (C=O) groups excluding carboxylic acids is 1. The Kier molecular flexibility index (Phi) is 13.2. The van der Waals surface area contributed by atoms with Crippen molar-refractivity contribution in [3.63, 3.8) is 0 Å². The number of carboxylic acids is 1. The molecule has 0 atom stereocenters. The molecule has 3 rings (SSSR count). The second-order valence-electron chi connectivity index (χ2n) is 11.1. The molecular weight excluding hydrogens is 536 g/mol. The van der Waals surface area contributed by atoms with Gasteiger partial charge in [0.25, 0.3) is 5.82 Å². The molecule has 0 unspecified atom stereocenters. The number of imidazole rings is 1. The van der Waals surface area contributed by atoms with E-state index in [1.807, 2.05) is 0 Å². The van der Waals surface area contributed by atoms with Gasteiger partial charge in [-0.15, -0.1) is 0 Å².